The van der Waals surface area contributed by atoms with E-state index in [0.29, 0.717) is 46.7 Å². The number of halogens is 3. The minimum atomic E-state index is -0.380. The molecule has 0 radical (unpaired) electrons. The third-order valence-corrected chi connectivity index (χ3v) is 6.45. The van der Waals surface area contributed by atoms with Gasteiger partial charge in [-0.3, -0.25) is 9.59 Å². The summed E-state index contributed by atoms with van der Waals surface area (Å²) in [6, 6.07) is 13.7. The molecule has 3 rings (SSSR count). The van der Waals surface area contributed by atoms with Gasteiger partial charge in [-0.25, -0.2) is 4.68 Å². The highest BCUT2D eigenvalue weighted by Gasteiger charge is 2.24. The summed E-state index contributed by atoms with van der Waals surface area (Å²) in [4.78, 5) is 27.9. The number of nitrogens with zero attached hydrogens (tertiary/aromatic N) is 3. The molecule has 1 heterocycles. The highest BCUT2D eigenvalue weighted by atomic mass is 35.5. The van der Waals surface area contributed by atoms with Gasteiger partial charge < -0.3 is 15.0 Å². The Labute approximate surface area is 226 Å². The zero-order valence-corrected chi connectivity index (χ0v) is 22.9. The van der Waals surface area contributed by atoms with Crippen molar-refractivity contribution in [1.82, 2.24) is 14.7 Å². The molecule has 0 saturated carbocycles. The lowest BCUT2D eigenvalue weighted by Crippen LogP contribution is -2.39. The first kappa shape index (κ1) is 28.0. The van der Waals surface area contributed by atoms with E-state index >= 15 is 0 Å². The minimum Gasteiger partial charge on any atom is -0.385 e. The van der Waals surface area contributed by atoms with Crippen molar-refractivity contribution in [2.75, 3.05) is 32.1 Å². The fourth-order valence-electron chi connectivity index (χ4n) is 3.46. The number of para-hydroxylation sites is 1. The maximum atomic E-state index is 13.2. The lowest BCUT2D eigenvalue weighted by Gasteiger charge is -2.22. The van der Waals surface area contributed by atoms with Gasteiger partial charge in [-0.15, -0.1) is 0 Å². The molecule has 0 aliphatic carbocycles. The van der Waals surface area contributed by atoms with Crippen molar-refractivity contribution < 1.29 is 14.3 Å². The van der Waals surface area contributed by atoms with Crippen LogP contribution in [-0.4, -0.2) is 53.3 Å². The predicted octanol–water partition coefficient (Wildman–Crippen LogP) is 6.25. The topological polar surface area (TPSA) is 76.5 Å². The quantitative estimate of drug-likeness (QED) is 0.319. The number of benzene rings is 2. The average molecular weight is 552 g/mol. The minimum absolute atomic E-state index is 0.179. The molecule has 7 nitrogen and oxygen atoms in total. The largest absolute Gasteiger partial charge is 0.385 e. The van der Waals surface area contributed by atoms with Gasteiger partial charge >= 0.3 is 0 Å². The molecule has 1 N–H and O–H groups in total. The van der Waals surface area contributed by atoms with Crippen LogP contribution in [-0.2, 0) is 14.9 Å². The predicted molar refractivity (Wildman–Crippen MR) is 145 cm³/mol. The van der Waals surface area contributed by atoms with Gasteiger partial charge in [-0.2, -0.15) is 5.10 Å². The Bertz CT molecular complexity index is 1240. The maximum Gasteiger partial charge on any atom is 0.254 e. The van der Waals surface area contributed by atoms with Crippen LogP contribution in [0.3, 0.4) is 0 Å². The molecule has 0 fully saturated rings. The Kier molecular flexibility index (Phi) is 9.41. The number of carbonyl (C=O) groups excluding carboxylic acids is 2. The molecule has 0 bridgehead atoms. The lowest BCUT2D eigenvalue weighted by atomic mass is 9.92. The molecular weight excluding hydrogens is 523 g/mol. The van der Waals surface area contributed by atoms with Crippen LogP contribution in [0.1, 0.15) is 43.2 Å². The number of nitrogens with one attached hydrogen (secondary N) is 1. The summed E-state index contributed by atoms with van der Waals surface area (Å²) in [5.74, 6) is -0.263. The molecule has 3 aromatic rings. The molecule has 0 spiro atoms. The summed E-state index contributed by atoms with van der Waals surface area (Å²) in [7, 11) is 1.58. The van der Waals surface area contributed by atoms with E-state index in [4.69, 9.17) is 44.6 Å². The summed E-state index contributed by atoms with van der Waals surface area (Å²) in [6.07, 6.45) is 0.558. The van der Waals surface area contributed by atoms with Gasteiger partial charge in [0, 0.05) is 37.3 Å². The van der Waals surface area contributed by atoms with E-state index < -0.39 is 0 Å². The summed E-state index contributed by atoms with van der Waals surface area (Å²) in [6.45, 7) is 6.68. The second-order valence-corrected chi connectivity index (χ2v) is 10.5. The van der Waals surface area contributed by atoms with E-state index in [1.165, 1.54) is 11.0 Å². The number of hydrogen-bond acceptors (Lipinski definition) is 4. The van der Waals surface area contributed by atoms with Crippen molar-refractivity contribution in [1.29, 1.82) is 0 Å². The van der Waals surface area contributed by atoms with Crippen molar-refractivity contribution in [2.45, 2.75) is 32.6 Å². The highest BCUT2D eigenvalue weighted by Crippen LogP contribution is 2.29. The second-order valence-electron chi connectivity index (χ2n) is 9.28. The molecule has 0 saturated heterocycles. The van der Waals surface area contributed by atoms with E-state index in [-0.39, 0.29) is 28.8 Å². The number of hydrogen-bond donors (Lipinski definition) is 1. The number of methoxy groups -OCH3 is 1. The molecule has 1 aromatic heterocycles. The zero-order chi connectivity index (χ0) is 26.5. The Morgan fingerprint density at radius 3 is 2.39 bits per heavy atom. The fraction of sp³-hybridized carbons (Fsp3) is 0.346. The van der Waals surface area contributed by atoms with Gasteiger partial charge in [-0.05, 0) is 36.8 Å². The molecule has 36 heavy (non-hydrogen) atoms. The van der Waals surface area contributed by atoms with Gasteiger partial charge in [0.15, 0.2) is 0 Å². The average Bonchev–Trinajstić information content (AvgIpc) is 3.24. The normalized spacial score (nSPS) is 11.4. The Hall–Kier alpha value is -2.58. The van der Waals surface area contributed by atoms with Crippen molar-refractivity contribution >= 4 is 52.4 Å². The molecule has 0 unspecified atom stereocenters. The van der Waals surface area contributed by atoms with Crippen LogP contribution in [0.5, 0.6) is 0 Å². The number of aromatic nitrogens is 2. The summed E-state index contributed by atoms with van der Waals surface area (Å²) in [5, 5.41) is 8.71. The van der Waals surface area contributed by atoms with E-state index in [0.717, 1.165) is 5.69 Å². The number of carbonyl (C=O) groups is 2. The van der Waals surface area contributed by atoms with Crippen LogP contribution in [0.15, 0.2) is 48.5 Å². The lowest BCUT2D eigenvalue weighted by molar-refractivity contribution is -0.117. The molecular formula is C26H29Cl3N4O3. The summed E-state index contributed by atoms with van der Waals surface area (Å²) in [5.41, 5.74) is 1.49. The van der Waals surface area contributed by atoms with Gasteiger partial charge in [0.05, 0.1) is 26.4 Å². The summed E-state index contributed by atoms with van der Waals surface area (Å²) < 4.78 is 6.73. The zero-order valence-electron chi connectivity index (χ0n) is 20.6. The summed E-state index contributed by atoms with van der Waals surface area (Å²) >= 11 is 18.5. The van der Waals surface area contributed by atoms with Crippen LogP contribution in [0.25, 0.3) is 5.69 Å². The highest BCUT2D eigenvalue weighted by molar-refractivity contribution is 6.42. The van der Waals surface area contributed by atoms with Crippen molar-refractivity contribution in [3.05, 3.63) is 74.9 Å². The number of rotatable bonds is 9. The Morgan fingerprint density at radius 2 is 1.75 bits per heavy atom. The Morgan fingerprint density at radius 1 is 1.03 bits per heavy atom. The first-order chi connectivity index (χ1) is 17.0. The first-order valence-corrected chi connectivity index (χ1v) is 12.5. The van der Waals surface area contributed by atoms with Gasteiger partial charge in [0.25, 0.3) is 5.91 Å². The third-order valence-electron chi connectivity index (χ3n) is 5.39. The van der Waals surface area contributed by atoms with Crippen LogP contribution in [0.2, 0.25) is 15.1 Å². The standard InChI is InChI=1S/C26H29Cl3N4O3/c1-26(2,3)22-15-23(33(31-22)21-9-6-5-8-19(21)28)30-24(34)16-32(12-7-13-36-4)25(35)17-10-11-18(27)20(29)14-17/h5-6,8-11,14-15H,7,12-13,16H2,1-4H3,(H,30,34). The number of anilines is 1. The second kappa shape index (κ2) is 12.1. The van der Waals surface area contributed by atoms with E-state index in [9.17, 15) is 9.59 Å². The first-order valence-electron chi connectivity index (χ1n) is 11.4. The van der Waals surface area contributed by atoms with E-state index in [1.807, 2.05) is 45.0 Å². The van der Waals surface area contributed by atoms with E-state index in [1.54, 1.807) is 30.0 Å². The molecule has 0 aliphatic heterocycles. The molecule has 10 heteroatoms. The van der Waals surface area contributed by atoms with E-state index in [2.05, 4.69) is 5.32 Å². The van der Waals surface area contributed by atoms with Crippen molar-refractivity contribution in [3.63, 3.8) is 0 Å². The van der Waals surface area contributed by atoms with Gasteiger partial charge in [0.2, 0.25) is 5.91 Å². The van der Waals surface area contributed by atoms with Gasteiger partial charge in [-0.1, -0.05) is 67.7 Å². The van der Waals surface area contributed by atoms with Crippen LogP contribution < -0.4 is 5.32 Å². The molecule has 0 aliphatic rings. The van der Waals surface area contributed by atoms with Crippen LogP contribution in [0, 0.1) is 0 Å². The van der Waals surface area contributed by atoms with Crippen LogP contribution in [0.4, 0.5) is 5.82 Å². The van der Waals surface area contributed by atoms with Crippen molar-refractivity contribution in [3.8, 4) is 5.69 Å². The molecule has 2 aromatic carbocycles. The monoisotopic (exact) mass is 550 g/mol. The SMILES string of the molecule is COCCCN(CC(=O)Nc1cc(C(C)(C)C)nn1-c1ccccc1Cl)C(=O)c1ccc(Cl)c(Cl)c1. The Balaban J connectivity index is 1.87. The van der Waals surface area contributed by atoms with Gasteiger partial charge in [0.1, 0.15) is 12.4 Å². The molecule has 0 atom stereocenters. The molecule has 192 valence electrons. The maximum absolute atomic E-state index is 13.2. The number of ether oxygens (including phenoxy) is 1. The fourth-order valence-corrected chi connectivity index (χ4v) is 3.98. The smallest absolute Gasteiger partial charge is 0.254 e. The van der Waals surface area contributed by atoms with Crippen LogP contribution >= 0.6 is 34.8 Å². The van der Waals surface area contributed by atoms with Crippen molar-refractivity contribution in [2.24, 2.45) is 0 Å². The third kappa shape index (κ3) is 7.01. The molecule has 2 amide bonds. The number of amides is 2.